The quantitative estimate of drug-likeness (QED) is 0.669. The third kappa shape index (κ3) is 2.87. The van der Waals surface area contributed by atoms with Crippen LogP contribution >= 0.6 is 22.7 Å². The lowest BCUT2D eigenvalue weighted by atomic mass is 10.2. The van der Waals surface area contributed by atoms with Crippen molar-refractivity contribution in [3.05, 3.63) is 34.3 Å². The van der Waals surface area contributed by atoms with Crippen molar-refractivity contribution < 1.29 is 9.53 Å². The molecule has 0 unspecified atom stereocenters. The van der Waals surface area contributed by atoms with Crippen molar-refractivity contribution in [3.63, 3.8) is 0 Å². The number of esters is 1. The van der Waals surface area contributed by atoms with E-state index in [1.807, 2.05) is 0 Å². The van der Waals surface area contributed by atoms with Crippen LogP contribution in [-0.2, 0) is 16.0 Å². The number of carbonyl (C=O) groups is 1. The van der Waals surface area contributed by atoms with Gasteiger partial charge in [0.15, 0.2) is 4.96 Å². The maximum Gasteiger partial charge on any atom is 0.305 e. The molecule has 0 aliphatic heterocycles. The zero-order valence-corrected chi connectivity index (χ0v) is 13.6. The van der Waals surface area contributed by atoms with Gasteiger partial charge < -0.3 is 4.74 Å². The van der Waals surface area contributed by atoms with Crippen molar-refractivity contribution in [2.45, 2.75) is 26.2 Å². The molecule has 0 aromatic carbocycles. The summed E-state index contributed by atoms with van der Waals surface area (Å²) in [5.41, 5.74) is 3.49. The molecule has 0 bridgehead atoms. The van der Waals surface area contributed by atoms with Crippen LogP contribution in [0.4, 0.5) is 0 Å². The van der Waals surface area contributed by atoms with Crippen molar-refractivity contribution in [1.82, 2.24) is 9.38 Å². The molecule has 0 fully saturated rings. The SMILES string of the molecule is COC(=O)CCCc1csc2nc(-c3sccc3C)cn12. The third-order valence-corrected chi connectivity index (χ3v) is 5.35. The molecule has 0 aliphatic carbocycles. The number of nitrogens with zero attached hydrogens (tertiary/aromatic N) is 2. The summed E-state index contributed by atoms with van der Waals surface area (Å²) in [5, 5.41) is 4.21. The van der Waals surface area contributed by atoms with Gasteiger partial charge in [0.1, 0.15) is 5.69 Å². The molecule has 0 N–H and O–H groups in total. The second kappa shape index (κ2) is 5.99. The van der Waals surface area contributed by atoms with Gasteiger partial charge in [-0.3, -0.25) is 9.20 Å². The van der Waals surface area contributed by atoms with Gasteiger partial charge >= 0.3 is 5.97 Å². The number of aryl methyl sites for hydroxylation is 2. The highest BCUT2D eigenvalue weighted by molar-refractivity contribution is 7.15. The average Bonchev–Trinajstić information content (AvgIpc) is 3.14. The summed E-state index contributed by atoms with van der Waals surface area (Å²) in [7, 11) is 1.43. The Morgan fingerprint density at radius 2 is 2.29 bits per heavy atom. The number of ether oxygens (including phenoxy) is 1. The summed E-state index contributed by atoms with van der Waals surface area (Å²) in [6, 6.07) is 2.12. The number of carbonyl (C=O) groups excluding carboxylic acids is 1. The van der Waals surface area contributed by atoms with Crippen molar-refractivity contribution in [1.29, 1.82) is 0 Å². The van der Waals surface area contributed by atoms with E-state index in [1.54, 1.807) is 22.7 Å². The third-order valence-electron chi connectivity index (χ3n) is 3.42. The van der Waals surface area contributed by atoms with Crippen LogP contribution in [0.3, 0.4) is 0 Å². The van der Waals surface area contributed by atoms with Crippen molar-refractivity contribution >= 4 is 33.6 Å². The first-order valence-electron chi connectivity index (χ1n) is 6.76. The number of rotatable bonds is 5. The first kappa shape index (κ1) is 14.3. The van der Waals surface area contributed by atoms with Crippen molar-refractivity contribution in [3.8, 4) is 10.6 Å². The van der Waals surface area contributed by atoms with Crippen LogP contribution in [0, 0.1) is 6.92 Å². The number of thiophene rings is 1. The summed E-state index contributed by atoms with van der Waals surface area (Å²) in [6.07, 6.45) is 4.20. The van der Waals surface area contributed by atoms with Gasteiger partial charge in [0.05, 0.1) is 12.0 Å². The number of hydrogen-bond acceptors (Lipinski definition) is 5. The lowest BCUT2D eigenvalue weighted by Gasteiger charge is -1.99. The molecule has 0 aliphatic rings. The number of hydrogen-bond donors (Lipinski definition) is 0. The van der Waals surface area contributed by atoms with Gasteiger partial charge in [-0.05, 0) is 36.8 Å². The van der Waals surface area contributed by atoms with Crippen LogP contribution in [-0.4, -0.2) is 22.5 Å². The Kier molecular flexibility index (Phi) is 4.07. The van der Waals surface area contributed by atoms with E-state index in [0.717, 1.165) is 23.5 Å². The Labute approximate surface area is 131 Å². The van der Waals surface area contributed by atoms with Gasteiger partial charge in [-0.1, -0.05) is 0 Å². The smallest absolute Gasteiger partial charge is 0.305 e. The van der Waals surface area contributed by atoms with Gasteiger partial charge in [-0.15, -0.1) is 22.7 Å². The van der Waals surface area contributed by atoms with E-state index >= 15 is 0 Å². The Balaban J connectivity index is 1.80. The minimum absolute atomic E-state index is 0.151. The average molecular weight is 320 g/mol. The van der Waals surface area contributed by atoms with Crippen LogP contribution in [0.25, 0.3) is 15.5 Å². The molecule has 4 nitrogen and oxygen atoms in total. The first-order valence-corrected chi connectivity index (χ1v) is 8.51. The zero-order chi connectivity index (χ0) is 14.8. The molecular formula is C15H16N2O2S2. The lowest BCUT2D eigenvalue weighted by molar-refractivity contribution is -0.140. The second-order valence-electron chi connectivity index (χ2n) is 4.87. The van der Waals surface area contributed by atoms with Crippen LogP contribution < -0.4 is 0 Å². The second-order valence-corrected chi connectivity index (χ2v) is 6.62. The highest BCUT2D eigenvalue weighted by Crippen LogP contribution is 2.30. The molecule has 3 aromatic rings. The van der Waals surface area contributed by atoms with Gasteiger partial charge in [0, 0.05) is 23.7 Å². The zero-order valence-electron chi connectivity index (χ0n) is 12.0. The molecule has 6 heteroatoms. The van der Waals surface area contributed by atoms with Crippen molar-refractivity contribution in [2.75, 3.05) is 7.11 Å². The maximum absolute atomic E-state index is 11.2. The molecule has 0 saturated heterocycles. The topological polar surface area (TPSA) is 43.6 Å². The summed E-state index contributed by atoms with van der Waals surface area (Å²) in [4.78, 5) is 18.1. The summed E-state index contributed by atoms with van der Waals surface area (Å²) in [5.74, 6) is -0.151. The molecule has 21 heavy (non-hydrogen) atoms. The van der Waals surface area contributed by atoms with Crippen LogP contribution in [0.2, 0.25) is 0 Å². The van der Waals surface area contributed by atoms with Crippen LogP contribution in [0.15, 0.2) is 23.0 Å². The predicted octanol–water partition coefficient (Wildman–Crippen LogP) is 3.93. The number of imidazole rings is 1. The van der Waals surface area contributed by atoms with Gasteiger partial charge in [-0.2, -0.15) is 0 Å². The monoisotopic (exact) mass is 320 g/mol. The number of fused-ring (bicyclic) bond motifs is 1. The highest BCUT2D eigenvalue weighted by atomic mass is 32.1. The fourth-order valence-corrected chi connectivity index (χ4v) is 4.06. The van der Waals surface area contributed by atoms with E-state index < -0.39 is 0 Å². The minimum atomic E-state index is -0.151. The fraction of sp³-hybridized carbons (Fsp3) is 0.333. The standard InChI is InChI=1S/C15H16N2O2S2/c1-10-6-7-20-14(10)12-8-17-11(9-21-15(17)16-12)4-3-5-13(18)19-2/h6-9H,3-5H2,1-2H3. The lowest BCUT2D eigenvalue weighted by Crippen LogP contribution is -2.01. The molecule has 110 valence electrons. The van der Waals surface area contributed by atoms with Crippen LogP contribution in [0.1, 0.15) is 24.1 Å². The number of thiazole rings is 1. The maximum atomic E-state index is 11.2. The number of aromatic nitrogens is 2. The molecule has 3 rings (SSSR count). The predicted molar refractivity (Wildman–Crippen MR) is 86.1 cm³/mol. The molecule has 3 heterocycles. The summed E-state index contributed by atoms with van der Waals surface area (Å²) >= 11 is 3.36. The molecule has 0 amide bonds. The summed E-state index contributed by atoms with van der Waals surface area (Å²) < 4.78 is 6.80. The Morgan fingerprint density at radius 3 is 3.00 bits per heavy atom. The molecule has 3 aromatic heterocycles. The van der Waals surface area contributed by atoms with E-state index in [2.05, 4.69) is 39.1 Å². The van der Waals surface area contributed by atoms with E-state index in [-0.39, 0.29) is 5.97 Å². The molecule has 0 saturated carbocycles. The number of methoxy groups -OCH3 is 1. The van der Waals surface area contributed by atoms with Gasteiger partial charge in [0.2, 0.25) is 0 Å². The van der Waals surface area contributed by atoms with E-state index in [9.17, 15) is 4.79 Å². The van der Waals surface area contributed by atoms with Gasteiger partial charge in [0.25, 0.3) is 0 Å². The van der Waals surface area contributed by atoms with E-state index in [4.69, 9.17) is 4.98 Å². The molecule has 0 spiro atoms. The highest BCUT2D eigenvalue weighted by Gasteiger charge is 2.12. The molecular weight excluding hydrogens is 304 g/mol. The first-order chi connectivity index (χ1) is 10.2. The van der Waals surface area contributed by atoms with Gasteiger partial charge in [-0.25, -0.2) is 4.98 Å². The van der Waals surface area contributed by atoms with E-state index in [1.165, 1.54) is 23.2 Å². The van der Waals surface area contributed by atoms with Crippen molar-refractivity contribution in [2.24, 2.45) is 0 Å². The fourth-order valence-electron chi connectivity index (χ4n) is 2.27. The van der Waals surface area contributed by atoms with E-state index in [0.29, 0.717) is 6.42 Å². The Morgan fingerprint density at radius 1 is 1.43 bits per heavy atom. The molecule has 0 radical (unpaired) electrons. The molecule has 0 atom stereocenters. The Hall–Kier alpha value is -1.66. The Bertz CT molecular complexity index is 770. The summed E-state index contributed by atoms with van der Waals surface area (Å²) in [6.45, 7) is 2.11. The largest absolute Gasteiger partial charge is 0.469 e. The normalized spacial score (nSPS) is 11.1. The minimum Gasteiger partial charge on any atom is -0.469 e. The van der Waals surface area contributed by atoms with Crippen LogP contribution in [0.5, 0.6) is 0 Å².